The van der Waals surface area contributed by atoms with Crippen LogP contribution in [0.5, 0.6) is 0 Å². The van der Waals surface area contributed by atoms with Gasteiger partial charge in [-0.05, 0) is 18.2 Å². The number of aromatic nitrogens is 1. The van der Waals surface area contributed by atoms with Gasteiger partial charge in [0.2, 0.25) is 5.91 Å². The Morgan fingerprint density at radius 2 is 2.16 bits per heavy atom. The highest BCUT2D eigenvalue weighted by atomic mass is 35.5. The zero-order valence-corrected chi connectivity index (χ0v) is 10.5. The van der Waals surface area contributed by atoms with Gasteiger partial charge in [-0.2, -0.15) is 0 Å². The number of para-hydroxylation sites is 2. The van der Waals surface area contributed by atoms with E-state index in [-0.39, 0.29) is 23.3 Å². The van der Waals surface area contributed by atoms with Gasteiger partial charge in [0, 0.05) is 6.20 Å². The molecule has 1 N–H and O–H groups in total. The number of carbonyl (C=O) groups is 1. The molecule has 96 valence electrons. The van der Waals surface area contributed by atoms with E-state index in [1.807, 2.05) is 6.07 Å². The second kappa shape index (κ2) is 4.51. The number of hydrogen-bond donors (Lipinski definition) is 1. The van der Waals surface area contributed by atoms with Crippen LogP contribution in [-0.2, 0) is 4.79 Å². The minimum Gasteiger partial charge on any atom is -0.323 e. The lowest BCUT2D eigenvalue weighted by Gasteiger charge is -2.30. The van der Waals surface area contributed by atoms with Crippen LogP contribution in [0.4, 0.5) is 21.6 Å². The van der Waals surface area contributed by atoms with Crippen molar-refractivity contribution in [1.29, 1.82) is 0 Å². The summed E-state index contributed by atoms with van der Waals surface area (Å²) in [6.45, 7) is 0.0164. The molecule has 1 aromatic heterocycles. The number of halogens is 2. The predicted molar refractivity (Wildman–Crippen MR) is 71.3 cm³/mol. The molecule has 0 saturated carbocycles. The third-order valence-corrected chi connectivity index (χ3v) is 3.02. The Labute approximate surface area is 113 Å². The molecule has 0 fully saturated rings. The molecular formula is C13H9ClFN3O. The monoisotopic (exact) mass is 277 g/mol. The van der Waals surface area contributed by atoms with Gasteiger partial charge >= 0.3 is 0 Å². The summed E-state index contributed by atoms with van der Waals surface area (Å²) >= 11 is 5.68. The number of pyridine rings is 1. The highest BCUT2D eigenvalue weighted by Gasteiger charge is 2.25. The molecule has 2 heterocycles. The number of anilines is 3. The van der Waals surface area contributed by atoms with Crippen LogP contribution < -0.4 is 10.2 Å². The zero-order valence-electron chi connectivity index (χ0n) is 9.73. The number of carbonyl (C=O) groups excluding carboxylic acids is 1. The van der Waals surface area contributed by atoms with Crippen LogP contribution in [0.25, 0.3) is 0 Å². The zero-order chi connectivity index (χ0) is 13.4. The standard InChI is InChI=1S/C13H9ClFN3O/c14-8-5-9(15)13(16-6-8)18-7-12(19)17-10-3-1-2-4-11(10)18/h1-6H,7H2,(H,17,19). The van der Waals surface area contributed by atoms with E-state index in [1.54, 1.807) is 18.2 Å². The smallest absolute Gasteiger partial charge is 0.244 e. The molecule has 2 aromatic rings. The Balaban J connectivity index is 2.12. The quantitative estimate of drug-likeness (QED) is 0.872. The van der Waals surface area contributed by atoms with E-state index >= 15 is 0 Å². The van der Waals surface area contributed by atoms with Gasteiger partial charge in [0.25, 0.3) is 0 Å². The Bertz CT molecular complexity index is 662. The number of rotatable bonds is 1. The third kappa shape index (κ3) is 2.13. The average Bonchev–Trinajstić information content (AvgIpc) is 2.38. The van der Waals surface area contributed by atoms with E-state index in [1.165, 1.54) is 17.2 Å². The second-order valence-electron chi connectivity index (χ2n) is 4.11. The van der Waals surface area contributed by atoms with Crippen LogP contribution >= 0.6 is 11.6 Å². The Kier molecular flexibility index (Phi) is 2.83. The lowest BCUT2D eigenvalue weighted by molar-refractivity contribution is -0.115. The summed E-state index contributed by atoms with van der Waals surface area (Å²) in [5.74, 6) is -0.682. The largest absolute Gasteiger partial charge is 0.323 e. The van der Waals surface area contributed by atoms with Crippen LogP contribution in [0.3, 0.4) is 0 Å². The van der Waals surface area contributed by atoms with Crippen molar-refractivity contribution in [2.75, 3.05) is 16.8 Å². The van der Waals surface area contributed by atoms with E-state index in [0.29, 0.717) is 11.4 Å². The van der Waals surface area contributed by atoms with Gasteiger partial charge in [0.1, 0.15) is 6.54 Å². The fourth-order valence-corrected chi connectivity index (χ4v) is 2.17. The molecule has 0 unspecified atom stereocenters. The molecule has 0 bridgehead atoms. The molecule has 0 saturated heterocycles. The van der Waals surface area contributed by atoms with Crippen LogP contribution in [0.15, 0.2) is 36.5 Å². The molecule has 19 heavy (non-hydrogen) atoms. The van der Waals surface area contributed by atoms with Gasteiger partial charge < -0.3 is 10.2 Å². The van der Waals surface area contributed by atoms with Crippen LogP contribution in [0, 0.1) is 5.82 Å². The van der Waals surface area contributed by atoms with Gasteiger partial charge in [-0.15, -0.1) is 0 Å². The minimum atomic E-state index is -0.558. The summed E-state index contributed by atoms with van der Waals surface area (Å²) in [5.41, 5.74) is 1.34. The first kappa shape index (κ1) is 11.9. The molecule has 1 amide bonds. The first-order chi connectivity index (χ1) is 9.15. The summed E-state index contributed by atoms with van der Waals surface area (Å²) in [6.07, 6.45) is 1.36. The fraction of sp³-hybridized carbons (Fsp3) is 0.0769. The highest BCUT2D eigenvalue weighted by Crippen LogP contribution is 2.35. The molecule has 4 nitrogen and oxygen atoms in total. The summed E-state index contributed by atoms with van der Waals surface area (Å²) < 4.78 is 13.9. The molecule has 6 heteroatoms. The molecule has 0 aliphatic carbocycles. The van der Waals surface area contributed by atoms with Crippen molar-refractivity contribution in [3.8, 4) is 0 Å². The van der Waals surface area contributed by atoms with Gasteiger partial charge in [-0.25, -0.2) is 9.37 Å². The fourth-order valence-electron chi connectivity index (χ4n) is 2.03. The van der Waals surface area contributed by atoms with Crippen LogP contribution in [-0.4, -0.2) is 17.4 Å². The van der Waals surface area contributed by atoms with Crippen molar-refractivity contribution in [3.63, 3.8) is 0 Å². The summed E-state index contributed by atoms with van der Waals surface area (Å²) in [7, 11) is 0. The highest BCUT2D eigenvalue weighted by molar-refractivity contribution is 6.30. The number of hydrogen-bond acceptors (Lipinski definition) is 3. The lowest BCUT2D eigenvalue weighted by Crippen LogP contribution is -2.35. The second-order valence-corrected chi connectivity index (χ2v) is 4.55. The first-order valence-electron chi connectivity index (χ1n) is 5.62. The van der Waals surface area contributed by atoms with Gasteiger partial charge in [-0.1, -0.05) is 23.7 Å². The van der Waals surface area contributed by atoms with Crippen molar-refractivity contribution in [2.45, 2.75) is 0 Å². The molecule has 1 aliphatic heterocycles. The Hall–Kier alpha value is -2.14. The maximum absolute atomic E-state index is 13.9. The van der Waals surface area contributed by atoms with Crippen molar-refractivity contribution in [3.05, 3.63) is 47.4 Å². The van der Waals surface area contributed by atoms with E-state index in [0.717, 1.165) is 0 Å². The van der Waals surface area contributed by atoms with Gasteiger partial charge in [-0.3, -0.25) is 4.79 Å². The van der Waals surface area contributed by atoms with Gasteiger partial charge in [0.05, 0.1) is 16.4 Å². The number of nitrogens with one attached hydrogen (secondary N) is 1. The summed E-state index contributed by atoms with van der Waals surface area (Å²) in [5, 5.41) is 2.95. The molecule has 0 atom stereocenters. The lowest BCUT2D eigenvalue weighted by atomic mass is 10.2. The minimum absolute atomic E-state index is 0.0164. The number of benzene rings is 1. The molecule has 0 radical (unpaired) electrons. The number of amides is 1. The topological polar surface area (TPSA) is 45.2 Å². The van der Waals surface area contributed by atoms with Crippen molar-refractivity contribution in [1.82, 2.24) is 4.98 Å². The van der Waals surface area contributed by atoms with E-state index in [2.05, 4.69) is 10.3 Å². The molecule has 1 aliphatic rings. The Morgan fingerprint density at radius 3 is 2.95 bits per heavy atom. The molecule has 3 rings (SSSR count). The van der Waals surface area contributed by atoms with E-state index in [9.17, 15) is 9.18 Å². The van der Waals surface area contributed by atoms with Crippen LogP contribution in [0.2, 0.25) is 5.02 Å². The van der Waals surface area contributed by atoms with Crippen molar-refractivity contribution >= 4 is 34.7 Å². The summed E-state index contributed by atoms with van der Waals surface area (Å²) in [4.78, 5) is 17.2. The molecule has 1 aromatic carbocycles. The third-order valence-electron chi connectivity index (χ3n) is 2.81. The first-order valence-corrected chi connectivity index (χ1v) is 6.00. The van der Waals surface area contributed by atoms with Gasteiger partial charge in [0.15, 0.2) is 11.6 Å². The SMILES string of the molecule is O=C1CN(c2ncc(Cl)cc2F)c2ccccc2N1. The van der Waals surface area contributed by atoms with Crippen molar-refractivity contribution in [2.24, 2.45) is 0 Å². The van der Waals surface area contributed by atoms with E-state index < -0.39 is 5.82 Å². The average molecular weight is 278 g/mol. The number of fused-ring (bicyclic) bond motifs is 1. The predicted octanol–water partition coefficient (Wildman–Crippen LogP) is 2.96. The summed E-state index contributed by atoms with van der Waals surface area (Å²) in [6, 6.07) is 8.35. The normalized spacial score (nSPS) is 14.0. The van der Waals surface area contributed by atoms with E-state index in [4.69, 9.17) is 11.6 Å². The molecule has 0 spiro atoms. The Morgan fingerprint density at radius 1 is 1.37 bits per heavy atom. The maximum atomic E-state index is 13.9. The van der Waals surface area contributed by atoms with Crippen molar-refractivity contribution < 1.29 is 9.18 Å². The molecular weight excluding hydrogens is 269 g/mol. The van der Waals surface area contributed by atoms with Crippen LogP contribution in [0.1, 0.15) is 0 Å². The maximum Gasteiger partial charge on any atom is 0.244 e. The number of nitrogens with zero attached hydrogens (tertiary/aromatic N) is 2.